The van der Waals surface area contributed by atoms with E-state index in [1.54, 1.807) is 10.9 Å². The second kappa shape index (κ2) is 6.56. The van der Waals surface area contributed by atoms with Crippen molar-refractivity contribution in [3.63, 3.8) is 0 Å². The highest BCUT2D eigenvalue weighted by Crippen LogP contribution is 2.41. The zero-order valence-electron chi connectivity index (χ0n) is 15.9. The Hall–Kier alpha value is -2.12. The maximum absolute atomic E-state index is 11.5. The van der Waals surface area contributed by atoms with Crippen molar-refractivity contribution in [2.45, 2.75) is 58.1 Å². The molecule has 0 radical (unpaired) electrons. The second-order valence-corrected chi connectivity index (χ2v) is 7.83. The van der Waals surface area contributed by atoms with Gasteiger partial charge in [-0.05, 0) is 51.8 Å². The number of para-hydroxylation sites is 1. The number of carboxylic acid groups (broad SMARTS) is 1. The summed E-state index contributed by atoms with van der Waals surface area (Å²) in [5, 5.41) is 13.8. The van der Waals surface area contributed by atoms with Crippen LogP contribution in [0.15, 0.2) is 36.7 Å². The van der Waals surface area contributed by atoms with Crippen LogP contribution < -0.4 is 0 Å². The lowest BCUT2D eigenvalue weighted by Gasteiger charge is -2.32. The first kappa shape index (κ1) is 18.7. The third-order valence-electron chi connectivity index (χ3n) is 5.39. The molecule has 6 nitrogen and oxygen atoms in total. The summed E-state index contributed by atoms with van der Waals surface area (Å²) >= 11 is 0. The van der Waals surface area contributed by atoms with E-state index in [4.69, 9.17) is 9.31 Å². The van der Waals surface area contributed by atoms with Crippen LogP contribution in [-0.2, 0) is 14.1 Å². The van der Waals surface area contributed by atoms with Crippen molar-refractivity contribution >= 4 is 13.1 Å². The Labute approximate surface area is 154 Å². The van der Waals surface area contributed by atoms with E-state index >= 15 is 0 Å². The van der Waals surface area contributed by atoms with Gasteiger partial charge in [-0.3, -0.25) is 4.79 Å². The predicted octanol–water partition coefficient (Wildman–Crippen LogP) is 3.37. The van der Waals surface area contributed by atoms with Gasteiger partial charge in [0.2, 0.25) is 0 Å². The third-order valence-corrected chi connectivity index (χ3v) is 5.39. The predicted molar refractivity (Wildman–Crippen MR) is 99.4 cm³/mol. The van der Waals surface area contributed by atoms with Gasteiger partial charge in [0.1, 0.15) is 0 Å². The van der Waals surface area contributed by atoms with E-state index in [9.17, 15) is 9.90 Å². The molecule has 1 saturated heterocycles. The van der Waals surface area contributed by atoms with Gasteiger partial charge in [0.25, 0.3) is 0 Å². The topological polar surface area (TPSA) is 73.6 Å². The van der Waals surface area contributed by atoms with Gasteiger partial charge in [-0.15, -0.1) is 0 Å². The SMILES string of the molecule is Cc1ccccc1-n1cc(C(CC(=O)O)B2OC(C)(C)C(C)(C)O2)cn1. The minimum Gasteiger partial charge on any atom is -0.481 e. The fourth-order valence-corrected chi connectivity index (χ4v) is 3.09. The Morgan fingerprint density at radius 2 is 1.85 bits per heavy atom. The maximum Gasteiger partial charge on any atom is 0.466 e. The lowest BCUT2D eigenvalue weighted by atomic mass is 9.67. The fourth-order valence-electron chi connectivity index (χ4n) is 3.09. The molecule has 0 aliphatic carbocycles. The number of hydrogen-bond acceptors (Lipinski definition) is 4. The monoisotopic (exact) mass is 356 g/mol. The lowest BCUT2D eigenvalue weighted by molar-refractivity contribution is -0.137. The first-order chi connectivity index (χ1) is 12.1. The number of hydrogen-bond donors (Lipinski definition) is 1. The highest BCUT2D eigenvalue weighted by Gasteiger charge is 2.54. The molecule has 1 atom stereocenters. The number of carboxylic acids is 1. The Morgan fingerprint density at radius 1 is 1.23 bits per heavy atom. The molecule has 0 amide bonds. The number of benzene rings is 1. The van der Waals surface area contributed by atoms with Crippen LogP contribution >= 0.6 is 0 Å². The van der Waals surface area contributed by atoms with Crippen LogP contribution in [0, 0.1) is 6.92 Å². The van der Waals surface area contributed by atoms with Crippen LogP contribution in [0.3, 0.4) is 0 Å². The van der Waals surface area contributed by atoms with Gasteiger partial charge in [-0.25, -0.2) is 4.68 Å². The minimum atomic E-state index is -0.895. The van der Waals surface area contributed by atoms with Crippen molar-refractivity contribution in [3.8, 4) is 5.69 Å². The zero-order chi connectivity index (χ0) is 19.1. The van der Waals surface area contributed by atoms with E-state index in [1.165, 1.54) is 0 Å². The van der Waals surface area contributed by atoms with Crippen LogP contribution in [0.4, 0.5) is 0 Å². The van der Waals surface area contributed by atoms with E-state index in [-0.39, 0.29) is 6.42 Å². The molecule has 3 rings (SSSR count). The van der Waals surface area contributed by atoms with Crippen molar-refractivity contribution in [2.24, 2.45) is 0 Å². The number of aliphatic carboxylic acids is 1. The summed E-state index contributed by atoms with van der Waals surface area (Å²) < 4.78 is 14.0. The van der Waals surface area contributed by atoms with Crippen LogP contribution in [0.2, 0.25) is 0 Å². The van der Waals surface area contributed by atoms with E-state index in [0.29, 0.717) is 0 Å². The number of aryl methyl sites for hydroxylation is 1. The molecule has 1 aromatic carbocycles. The third kappa shape index (κ3) is 3.41. The van der Waals surface area contributed by atoms with Gasteiger partial charge in [0.05, 0.1) is 29.5 Å². The number of nitrogens with zero attached hydrogens (tertiary/aromatic N) is 2. The summed E-state index contributed by atoms with van der Waals surface area (Å²) in [5.41, 5.74) is 1.81. The van der Waals surface area contributed by atoms with E-state index in [0.717, 1.165) is 16.8 Å². The number of aromatic nitrogens is 2. The van der Waals surface area contributed by atoms with Crippen molar-refractivity contribution in [2.75, 3.05) is 0 Å². The molecule has 1 fully saturated rings. The lowest BCUT2D eigenvalue weighted by Crippen LogP contribution is -2.41. The van der Waals surface area contributed by atoms with Gasteiger partial charge in [0.15, 0.2) is 0 Å². The Morgan fingerprint density at radius 3 is 2.42 bits per heavy atom. The van der Waals surface area contributed by atoms with Crippen molar-refractivity contribution < 1.29 is 19.2 Å². The Balaban J connectivity index is 1.93. The molecule has 2 heterocycles. The van der Waals surface area contributed by atoms with E-state index in [1.807, 2.05) is 65.1 Å². The molecule has 0 bridgehead atoms. The second-order valence-electron chi connectivity index (χ2n) is 7.83. The van der Waals surface area contributed by atoms with Gasteiger partial charge < -0.3 is 14.4 Å². The Bertz CT molecular complexity index is 799. The highest BCUT2D eigenvalue weighted by molar-refractivity contribution is 6.48. The van der Waals surface area contributed by atoms with Crippen molar-refractivity contribution in [1.29, 1.82) is 0 Å². The van der Waals surface area contributed by atoms with Crippen LogP contribution in [-0.4, -0.2) is 39.2 Å². The molecule has 138 valence electrons. The van der Waals surface area contributed by atoms with Crippen LogP contribution in [0.1, 0.15) is 51.1 Å². The van der Waals surface area contributed by atoms with Crippen LogP contribution in [0.25, 0.3) is 5.69 Å². The Kier molecular flexibility index (Phi) is 4.71. The number of carbonyl (C=O) groups is 1. The maximum atomic E-state index is 11.5. The summed E-state index contributed by atoms with van der Waals surface area (Å²) in [6.07, 6.45) is 3.47. The van der Waals surface area contributed by atoms with Crippen molar-refractivity contribution in [3.05, 3.63) is 47.8 Å². The molecule has 0 spiro atoms. The first-order valence-electron chi connectivity index (χ1n) is 8.79. The van der Waals surface area contributed by atoms with E-state index < -0.39 is 30.1 Å². The summed E-state index contributed by atoms with van der Waals surface area (Å²) in [6.45, 7) is 9.85. The quantitative estimate of drug-likeness (QED) is 0.832. The van der Waals surface area contributed by atoms with Gasteiger partial charge in [-0.1, -0.05) is 18.2 Å². The molecular formula is C19H25BN2O4. The fraction of sp³-hybridized carbons (Fsp3) is 0.474. The molecule has 0 saturated carbocycles. The first-order valence-corrected chi connectivity index (χ1v) is 8.79. The summed E-state index contributed by atoms with van der Waals surface area (Å²) in [4.78, 5) is 11.5. The minimum absolute atomic E-state index is 0.0870. The molecular weight excluding hydrogens is 331 g/mol. The van der Waals surface area contributed by atoms with Gasteiger partial charge >= 0.3 is 13.1 Å². The normalized spacial score (nSPS) is 19.5. The molecule has 1 unspecified atom stereocenters. The molecule has 7 heteroatoms. The van der Waals surface area contributed by atoms with E-state index in [2.05, 4.69) is 5.10 Å². The average Bonchev–Trinajstić information content (AvgIpc) is 3.08. The highest BCUT2D eigenvalue weighted by atomic mass is 16.7. The molecule has 1 aliphatic rings. The van der Waals surface area contributed by atoms with Crippen LogP contribution in [0.5, 0.6) is 0 Å². The summed E-state index contributed by atoms with van der Waals surface area (Å²) in [6, 6.07) is 7.92. The molecule has 1 aromatic heterocycles. The van der Waals surface area contributed by atoms with Crippen molar-refractivity contribution in [1.82, 2.24) is 9.78 Å². The zero-order valence-corrected chi connectivity index (χ0v) is 15.9. The largest absolute Gasteiger partial charge is 0.481 e. The average molecular weight is 356 g/mol. The molecule has 26 heavy (non-hydrogen) atoms. The summed E-state index contributed by atoms with van der Waals surface area (Å²) in [5.74, 6) is -1.33. The van der Waals surface area contributed by atoms with Gasteiger partial charge in [0, 0.05) is 12.0 Å². The summed E-state index contributed by atoms with van der Waals surface area (Å²) in [7, 11) is -0.634. The molecule has 1 N–H and O–H groups in total. The molecule has 2 aromatic rings. The standard InChI is InChI=1S/C19H25BN2O4/c1-13-8-6-7-9-16(13)22-12-14(11-21-22)15(10-17(23)24)20-25-18(2,3)19(4,5)26-20/h6-9,11-12,15H,10H2,1-5H3,(H,23,24). The molecule has 1 aliphatic heterocycles. The number of rotatable bonds is 5. The smallest absolute Gasteiger partial charge is 0.466 e. The van der Waals surface area contributed by atoms with Gasteiger partial charge in [-0.2, -0.15) is 5.10 Å².